The summed E-state index contributed by atoms with van der Waals surface area (Å²) in [5.41, 5.74) is 0. The zero-order chi connectivity index (χ0) is 14.6. The summed E-state index contributed by atoms with van der Waals surface area (Å²) in [6, 6.07) is 0.147. The van der Waals surface area contributed by atoms with E-state index in [1.165, 1.54) is 27.2 Å². The molecule has 1 aliphatic carbocycles. The molecule has 2 atom stereocenters. The van der Waals surface area contributed by atoms with Crippen LogP contribution in [-0.4, -0.2) is 37.2 Å². The fourth-order valence-electron chi connectivity index (χ4n) is 2.19. The molecule has 2 N–H and O–H groups in total. The Kier molecular flexibility index (Phi) is 5.52. The third kappa shape index (κ3) is 4.03. The van der Waals surface area contributed by atoms with Gasteiger partial charge in [0.2, 0.25) is 5.91 Å². The van der Waals surface area contributed by atoms with Gasteiger partial charge in [-0.25, -0.2) is 0 Å². The van der Waals surface area contributed by atoms with Gasteiger partial charge in [-0.15, -0.1) is 0 Å². The highest BCUT2D eigenvalue weighted by Crippen LogP contribution is 2.20. The molecule has 0 aromatic carbocycles. The van der Waals surface area contributed by atoms with Gasteiger partial charge in [0.25, 0.3) is 0 Å². The molecule has 1 rings (SSSR count). The molecule has 0 radical (unpaired) electrons. The maximum Gasteiger partial charge on any atom is 0.321 e. The zero-order valence-electron chi connectivity index (χ0n) is 11.8. The second-order valence-corrected chi connectivity index (χ2v) is 7.92. The van der Waals surface area contributed by atoms with Crippen molar-refractivity contribution in [3.05, 3.63) is 0 Å². The van der Waals surface area contributed by atoms with Crippen molar-refractivity contribution in [1.29, 1.82) is 0 Å². The van der Waals surface area contributed by atoms with E-state index in [2.05, 4.69) is 5.32 Å². The lowest BCUT2D eigenvalue weighted by atomic mass is 9.95. The highest BCUT2D eigenvalue weighted by atomic mass is 32.2. The smallest absolute Gasteiger partial charge is 0.321 e. The topological polar surface area (TPSA) is 83.5 Å². The third-order valence-corrected chi connectivity index (χ3v) is 5.70. The zero-order valence-corrected chi connectivity index (χ0v) is 12.6. The van der Waals surface area contributed by atoms with Gasteiger partial charge in [-0.2, -0.15) is 0 Å². The van der Waals surface area contributed by atoms with Gasteiger partial charge in [-0.05, 0) is 33.6 Å². The average molecular weight is 289 g/mol. The summed E-state index contributed by atoms with van der Waals surface area (Å²) in [6.45, 7) is 4.30. The van der Waals surface area contributed by atoms with E-state index >= 15 is 0 Å². The number of aliphatic carboxylic acids is 1. The summed E-state index contributed by atoms with van der Waals surface area (Å²) < 4.78 is 10.7. The minimum atomic E-state index is -1.75. The Morgan fingerprint density at radius 2 is 1.79 bits per heavy atom. The van der Waals surface area contributed by atoms with Crippen molar-refractivity contribution >= 4 is 22.7 Å². The van der Waals surface area contributed by atoms with Crippen molar-refractivity contribution in [1.82, 2.24) is 5.32 Å². The van der Waals surface area contributed by atoms with Crippen LogP contribution >= 0.6 is 0 Å². The van der Waals surface area contributed by atoms with Gasteiger partial charge in [-0.1, -0.05) is 19.3 Å². The highest BCUT2D eigenvalue weighted by molar-refractivity contribution is 7.88. The second-order valence-electron chi connectivity index (χ2n) is 5.60. The van der Waals surface area contributed by atoms with Crippen molar-refractivity contribution in [3.63, 3.8) is 0 Å². The molecule has 0 aromatic heterocycles. The third-order valence-electron chi connectivity index (χ3n) is 3.66. The molecule has 1 fully saturated rings. The first-order valence-electron chi connectivity index (χ1n) is 6.71. The van der Waals surface area contributed by atoms with Crippen LogP contribution in [-0.2, 0) is 20.4 Å². The number of carbonyl (C=O) groups excluding carboxylic acids is 1. The van der Waals surface area contributed by atoms with E-state index < -0.39 is 26.8 Å². The first kappa shape index (κ1) is 16.1. The molecule has 0 spiro atoms. The van der Waals surface area contributed by atoms with E-state index in [9.17, 15) is 13.8 Å². The van der Waals surface area contributed by atoms with Gasteiger partial charge < -0.3 is 10.4 Å². The Balaban J connectivity index is 2.61. The van der Waals surface area contributed by atoms with Crippen LogP contribution in [0.15, 0.2) is 0 Å². The molecule has 0 heterocycles. The van der Waals surface area contributed by atoms with E-state index in [0.29, 0.717) is 0 Å². The Morgan fingerprint density at radius 1 is 1.26 bits per heavy atom. The number of hydrogen-bond donors (Lipinski definition) is 2. The summed E-state index contributed by atoms with van der Waals surface area (Å²) in [5.74, 6) is -1.46. The van der Waals surface area contributed by atoms with Crippen LogP contribution in [0.5, 0.6) is 0 Å². The molecule has 19 heavy (non-hydrogen) atoms. The first-order chi connectivity index (χ1) is 8.76. The van der Waals surface area contributed by atoms with Gasteiger partial charge in [-0.3, -0.25) is 13.8 Å². The summed E-state index contributed by atoms with van der Waals surface area (Å²) in [7, 11) is -1.75. The molecule has 5 nitrogen and oxygen atoms in total. The average Bonchev–Trinajstić information content (AvgIpc) is 2.37. The van der Waals surface area contributed by atoms with Crippen LogP contribution in [0.1, 0.15) is 52.9 Å². The van der Waals surface area contributed by atoms with Crippen LogP contribution in [0.2, 0.25) is 0 Å². The number of amides is 1. The van der Waals surface area contributed by atoms with Gasteiger partial charge in [0, 0.05) is 6.04 Å². The molecule has 1 amide bonds. The fraction of sp³-hybridized carbons (Fsp3) is 0.846. The molecule has 110 valence electrons. The number of nitrogens with one attached hydrogen (secondary N) is 1. The van der Waals surface area contributed by atoms with Crippen molar-refractivity contribution in [2.75, 3.05) is 0 Å². The Bertz CT molecular complexity index is 375. The van der Waals surface area contributed by atoms with Gasteiger partial charge >= 0.3 is 5.97 Å². The molecular formula is C13H23NO4S. The van der Waals surface area contributed by atoms with Crippen LogP contribution in [0, 0.1) is 0 Å². The first-order valence-corrected chi connectivity index (χ1v) is 7.92. The molecule has 0 bridgehead atoms. The van der Waals surface area contributed by atoms with E-state index in [1.807, 2.05) is 0 Å². The molecule has 0 aliphatic heterocycles. The van der Waals surface area contributed by atoms with Crippen molar-refractivity contribution in [2.24, 2.45) is 0 Å². The molecule has 0 aromatic rings. The highest BCUT2D eigenvalue weighted by Gasteiger charge is 2.40. The van der Waals surface area contributed by atoms with Crippen LogP contribution in [0.4, 0.5) is 0 Å². The Hall–Kier alpha value is -0.910. The van der Waals surface area contributed by atoms with Crippen molar-refractivity contribution in [2.45, 2.75) is 68.9 Å². The predicted octanol–water partition coefficient (Wildman–Crippen LogP) is 1.44. The van der Waals surface area contributed by atoms with Crippen LogP contribution in [0.25, 0.3) is 0 Å². The summed E-state index contributed by atoms with van der Waals surface area (Å²) in [6.07, 6.45) is 5.30. The minimum absolute atomic E-state index is 0.147. The van der Waals surface area contributed by atoms with Crippen molar-refractivity contribution < 1.29 is 18.9 Å². The van der Waals surface area contributed by atoms with Crippen LogP contribution < -0.4 is 5.32 Å². The normalized spacial score (nSPS) is 20.6. The maximum absolute atomic E-state index is 12.2. The SMILES string of the molecule is CC(C(=O)NC1CCCCC1)S(=O)C(C)(C)C(=O)O. The van der Waals surface area contributed by atoms with Gasteiger partial charge in [0.05, 0.1) is 10.8 Å². The van der Waals surface area contributed by atoms with Gasteiger partial charge in [0.15, 0.2) is 0 Å². The summed E-state index contributed by atoms with van der Waals surface area (Å²) in [5, 5.41) is 11.1. The quantitative estimate of drug-likeness (QED) is 0.802. The molecular weight excluding hydrogens is 266 g/mol. The van der Waals surface area contributed by atoms with E-state index in [0.717, 1.165) is 25.7 Å². The predicted molar refractivity (Wildman–Crippen MR) is 74.3 cm³/mol. The number of carboxylic acids is 1. The lowest BCUT2D eigenvalue weighted by Crippen LogP contribution is -2.48. The van der Waals surface area contributed by atoms with E-state index in [4.69, 9.17) is 5.11 Å². The van der Waals surface area contributed by atoms with E-state index in [1.54, 1.807) is 0 Å². The van der Waals surface area contributed by atoms with Gasteiger partial charge in [0.1, 0.15) is 10.00 Å². The number of carbonyl (C=O) groups is 2. The van der Waals surface area contributed by atoms with Crippen LogP contribution in [0.3, 0.4) is 0 Å². The molecule has 6 heteroatoms. The minimum Gasteiger partial charge on any atom is -0.480 e. The second kappa shape index (κ2) is 6.50. The van der Waals surface area contributed by atoms with E-state index in [-0.39, 0.29) is 11.9 Å². The molecule has 1 aliphatic rings. The fourth-order valence-corrected chi connectivity index (χ4v) is 3.51. The maximum atomic E-state index is 12.2. The summed E-state index contributed by atoms with van der Waals surface area (Å²) >= 11 is 0. The Morgan fingerprint density at radius 3 is 2.26 bits per heavy atom. The molecule has 1 saturated carbocycles. The molecule has 2 unspecified atom stereocenters. The standard InChI is InChI=1S/C13H23NO4S/c1-9(19(18)13(2,3)12(16)17)11(15)14-10-7-5-4-6-8-10/h9-10H,4-8H2,1-3H3,(H,14,15)(H,16,17). The monoisotopic (exact) mass is 289 g/mol. The Labute approximate surface area is 116 Å². The number of carboxylic acid groups (broad SMARTS) is 1. The number of rotatable bonds is 5. The largest absolute Gasteiger partial charge is 0.480 e. The number of hydrogen-bond acceptors (Lipinski definition) is 3. The lowest BCUT2D eigenvalue weighted by Gasteiger charge is -2.26. The lowest BCUT2D eigenvalue weighted by molar-refractivity contribution is -0.139. The van der Waals surface area contributed by atoms with Crippen molar-refractivity contribution in [3.8, 4) is 0 Å². The summed E-state index contributed by atoms with van der Waals surface area (Å²) in [4.78, 5) is 23.1. The molecule has 0 saturated heterocycles.